The van der Waals surface area contributed by atoms with Gasteiger partial charge in [0.2, 0.25) is 0 Å². The monoisotopic (exact) mass is 103 g/mol. The van der Waals surface area contributed by atoms with Gasteiger partial charge in [-0.2, -0.15) is 0 Å². The molecule has 4 N–H and O–H groups in total. The van der Waals surface area contributed by atoms with Crippen LogP contribution in [0.15, 0.2) is 0 Å². The van der Waals surface area contributed by atoms with Crippen LogP contribution in [-0.4, -0.2) is 13.2 Å². The number of hydrogen-bond acceptors (Lipinski definition) is 1. The van der Waals surface area contributed by atoms with Crippen molar-refractivity contribution < 1.29 is 5.32 Å². The van der Waals surface area contributed by atoms with Crippen molar-refractivity contribution in [3.05, 3.63) is 0 Å². The van der Waals surface area contributed by atoms with Crippen LogP contribution in [0.3, 0.4) is 0 Å². The summed E-state index contributed by atoms with van der Waals surface area (Å²) >= 11 is 0. The molecule has 0 aromatic carbocycles. The first-order chi connectivity index (χ1) is 3.41. The molecule has 0 unspecified atom stereocenters. The summed E-state index contributed by atoms with van der Waals surface area (Å²) in [7, 11) is 0. The number of rotatable bonds is 4. The van der Waals surface area contributed by atoms with Gasteiger partial charge in [-0.3, -0.25) is 5.73 Å². The van der Waals surface area contributed by atoms with Gasteiger partial charge in [0, 0.05) is 0 Å². The molecule has 2 heteroatoms. The average molecular weight is 103 g/mol. The lowest BCUT2D eigenvalue weighted by atomic mass is 10.3. The van der Waals surface area contributed by atoms with Crippen LogP contribution in [0.25, 0.3) is 0 Å². The zero-order valence-electron chi connectivity index (χ0n) is 4.98. The number of unbranched alkanes of at least 4 members (excludes halogenated alkanes) is 1. The lowest BCUT2D eigenvalue weighted by Crippen LogP contribution is -2.86. The van der Waals surface area contributed by atoms with Gasteiger partial charge in [-0.05, 0) is 6.42 Å². The van der Waals surface area contributed by atoms with Gasteiger partial charge in [0.05, 0.1) is 6.54 Å². The van der Waals surface area contributed by atoms with Crippen molar-refractivity contribution in [3.8, 4) is 0 Å². The van der Waals surface area contributed by atoms with Crippen LogP contribution >= 0.6 is 0 Å². The summed E-state index contributed by atoms with van der Waals surface area (Å²) in [6, 6.07) is 0. The fourth-order valence-corrected chi connectivity index (χ4v) is 0.466. The van der Waals surface area contributed by atoms with E-state index in [9.17, 15) is 0 Å². The van der Waals surface area contributed by atoms with E-state index in [0.717, 1.165) is 6.67 Å². The zero-order valence-corrected chi connectivity index (χ0v) is 4.98. The molecule has 0 fully saturated rings. The Balaban J connectivity index is 2.45. The fourth-order valence-electron chi connectivity index (χ4n) is 0.466. The molecule has 0 radical (unpaired) electrons. The molecule has 44 valence electrons. The molecule has 2 nitrogen and oxygen atoms in total. The summed E-state index contributed by atoms with van der Waals surface area (Å²) in [4.78, 5) is 0. The van der Waals surface area contributed by atoms with Gasteiger partial charge in [-0.25, -0.2) is 0 Å². The summed E-state index contributed by atoms with van der Waals surface area (Å²) in [5, 5.41) is 2.11. The Hall–Kier alpha value is -0.0800. The Bertz CT molecular complexity index is 25.3. The summed E-state index contributed by atoms with van der Waals surface area (Å²) < 4.78 is 0. The predicted octanol–water partition coefficient (Wildman–Crippen LogP) is -0.734. The molecule has 0 aliphatic carbocycles. The molecule has 0 heterocycles. The zero-order chi connectivity index (χ0) is 5.54. The molecule has 0 atom stereocenters. The maximum Gasteiger partial charge on any atom is 0.126 e. The second kappa shape index (κ2) is 5.92. The molecule has 0 saturated carbocycles. The molecule has 0 amide bonds. The van der Waals surface area contributed by atoms with Crippen molar-refractivity contribution in [1.29, 1.82) is 0 Å². The number of quaternary nitrogens is 1. The summed E-state index contributed by atoms with van der Waals surface area (Å²) in [6.07, 6.45) is 2.56. The lowest BCUT2D eigenvalue weighted by Gasteiger charge is -1.92. The normalized spacial score (nSPS) is 9.43. The average Bonchev–Trinajstić information content (AvgIpc) is 1.69. The Morgan fingerprint density at radius 1 is 1.57 bits per heavy atom. The standard InChI is InChI=1S/C5H14N2/c1-2-3-4-7-5-6/h7H,2-6H2,1H3/p+1. The van der Waals surface area contributed by atoms with Gasteiger partial charge in [-0.15, -0.1) is 0 Å². The summed E-state index contributed by atoms with van der Waals surface area (Å²) in [5.74, 6) is 0. The van der Waals surface area contributed by atoms with Gasteiger partial charge >= 0.3 is 0 Å². The van der Waals surface area contributed by atoms with E-state index in [-0.39, 0.29) is 0 Å². The van der Waals surface area contributed by atoms with Gasteiger partial charge in [-0.1, -0.05) is 13.3 Å². The first-order valence-corrected chi connectivity index (χ1v) is 2.93. The fraction of sp³-hybridized carbons (Fsp3) is 1.00. The largest absolute Gasteiger partial charge is 0.334 e. The Kier molecular flexibility index (Phi) is 5.85. The Labute approximate surface area is 45.1 Å². The van der Waals surface area contributed by atoms with Crippen LogP contribution in [0.4, 0.5) is 0 Å². The van der Waals surface area contributed by atoms with Gasteiger partial charge in [0.1, 0.15) is 6.67 Å². The molecule has 0 aromatic rings. The summed E-state index contributed by atoms with van der Waals surface area (Å²) in [6.45, 7) is 4.11. The molecular formula is C5H15N2+. The molecular weight excluding hydrogens is 88.1 g/mol. The second-order valence-corrected chi connectivity index (χ2v) is 1.67. The second-order valence-electron chi connectivity index (χ2n) is 1.67. The molecule has 0 rings (SSSR count). The SMILES string of the molecule is CCCC[NH2+]CN. The van der Waals surface area contributed by atoms with E-state index in [1.807, 2.05) is 0 Å². The third kappa shape index (κ3) is 5.92. The number of hydrogen-bond donors (Lipinski definition) is 2. The smallest absolute Gasteiger partial charge is 0.126 e. The number of nitrogens with two attached hydrogens (primary N) is 2. The van der Waals surface area contributed by atoms with E-state index >= 15 is 0 Å². The first-order valence-electron chi connectivity index (χ1n) is 2.93. The van der Waals surface area contributed by atoms with Crippen LogP contribution < -0.4 is 11.1 Å². The van der Waals surface area contributed by atoms with Crippen LogP contribution in [-0.2, 0) is 0 Å². The van der Waals surface area contributed by atoms with E-state index in [2.05, 4.69) is 12.2 Å². The molecule has 0 saturated heterocycles. The molecule has 0 aromatic heterocycles. The van der Waals surface area contributed by atoms with E-state index in [1.165, 1.54) is 19.4 Å². The van der Waals surface area contributed by atoms with Crippen molar-refractivity contribution in [2.45, 2.75) is 19.8 Å². The highest BCUT2D eigenvalue weighted by molar-refractivity contribution is 4.23. The van der Waals surface area contributed by atoms with Gasteiger partial charge in [0.25, 0.3) is 0 Å². The quantitative estimate of drug-likeness (QED) is 0.357. The predicted molar refractivity (Wildman–Crippen MR) is 30.8 cm³/mol. The molecule has 0 bridgehead atoms. The topological polar surface area (TPSA) is 42.6 Å². The highest BCUT2D eigenvalue weighted by Crippen LogP contribution is 1.76. The third-order valence-corrected chi connectivity index (χ3v) is 0.928. The van der Waals surface area contributed by atoms with Crippen molar-refractivity contribution in [1.82, 2.24) is 0 Å². The Morgan fingerprint density at radius 2 is 2.29 bits per heavy atom. The molecule has 7 heavy (non-hydrogen) atoms. The lowest BCUT2D eigenvalue weighted by molar-refractivity contribution is -0.654. The Morgan fingerprint density at radius 3 is 2.71 bits per heavy atom. The first kappa shape index (κ1) is 6.92. The highest BCUT2D eigenvalue weighted by Gasteiger charge is 1.81. The third-order valence-electron chi connectivity index (χ3n) is 0.928. The van der Waals surface area contributed by atoms with E-state index < -0.39 is 0 Å². The van der Waals surface area contributed by atoms with Gasteiger partial charge < -0.3 is 5.32 Å². The van der Waals surface area contributed by atoms with Crippen LogP contribution in [0.1, 0.15) is 19.8 Å². The van der Waals surface area contributed by atoms with Crippen molar-refractivity contribution in [3.63, 3.8) is 0 Å². The van der Waals surface area contributed by atoms with Crippen molar-refractivity contribution in [2.24, 2.45) is 5.73 Å². The van der Waals surface area contributed by atoms with Gasteiger partial charge in [0.15, 0.2) is 0 Å². The molecule has 0 aliphatic rings. The van der Waals surface area contributed by atoms with E-state index in [0.29, 0.717) is 0 Å². The minimum atomic E-state index is 0.736. The van der Waals surface area contributed by atoms with Crippen molar-refractivity contribution in [2.75, 3.05) is 13.2 Å². The summed E-state index contributed by atoms with van der Waals surface area (Å²) in [5.41, 5.74) is 5.21. The van der Waals surface area contributed by atoms with E-state index in [1.54, 1.807) is 0 Å². The minimum Gasteiger partial charge on any atom is -0.334 e. The maximum absolute atomic E-state index is 5.21. The van der Waals surface area contributed by atoms with Crippen LogP contribution in [0.2, 0.25) is 0 Å². The van der Waals surface area contributed by atoms with Crippen molar-refractivity contribution >= 4 is 0 Å². The minimum absolute atomic E-state index is 0.736. The molecule has 0 spiro atoms. The van der Waals surface area contributed by atoms with Crippen LogP contribution in [0, 0.1) is 0 Å². The maximum atomic E-state index is 5.21. The molecule has 0 aliphatic heterocycles. The highest BCUT2D eigenvalue weighted by atomic mass is 14.9. The van der Waals surface area contributed by atoms with E-state index in [4.69, 9.17) is 5.73 Å². The van der Waals surface area contributed by atoms with Crippen LogP contribution in [0.5, 0.6) is 0 Å².